The van der Waals surface area contributed by atoms with Gasteiger partial charge in [-0.2, -0.15) is 0 Å². The molecule has 0 fully saturated rings. The molecule has 123 valence electrons. The quantitative estimate of drug-likeness (QED) is 0.472. The first-order chi connectivity index (χ1) is 10.2. The number of rotatable bonds is 9. The molecule has 0 heterocycles. The van der Waals surface area contributed by atoms with Crippen molar-refractivity contribution in [2.75, 3.05) is 32.6 Å². The number of hydrogen-bond acceptors (Lipinski definition) is 5. The van der Waals surface area contributed by atoms with Gasteiger partial charge in [0.15, 0.2) is 0 Å². The van der Waals surface area contributed by atoms with Crippen molar-refractivity contribution in [3.8, 4) is 5.75 Å². The number of aliphatic hydroxyl groups is 1. The summed E-state index contributed by atoms with van der Waals surface area (Å²) < 4.78 is 11.2. The Balaban J connectivity index is 2.73. The van der Waals surface area contributed by atoms with Gasteiger partial charge in [-0.15, -0.1) is 0 Å². The van der Waals surface area contributed by atoms with Crippen molar-refractivity contribution in [2.24, 2.45) is 0 Å². The molecule has 0 aliphatic heterocycles. The van der Waals surface area contributed by atoms with Gasteiger partial charge in [-0.25, -0.2) is 0 Å². The first-order valence-electron chi connectivity index (χ1n) is 7.51. The summed E-state index contributed by atoms with van der Waals surface area (Å²) in [7, 11) is 5.21. The lowest BCUT2D eigenvalue weighted by Gasteiger charge is -2.37. The van der Waals surface area contributed by atoms with Gasteiger partial charge in [-0.05, 0) is 52.3 Å². The van der Waals surface area contributed by atoms with Crippen LogP contribution >= 0.6 is 0 Å². The summed E-state index contributed by atoms with van der Waals surface area (Å²) in [5.74, 6) is 0.759. The monoisotopic (exact) mass is 307 g/mol. The molecule has 0 saturated carbocycles. The molecule has 0 bridgehead atoms. The third-order valence-electron chi connectivity index (χ3n) is 3.88. The Labute approximate surface area is 134 Å². The molecule has 0 aliphatic carbocycles. The van der Waals surface area contributed by atoms with Crippen LogP contribution in [0.3, 0.4) is 0 Å². The van der Waals surface area contributed by atoms with Gasteiger partial charge in [0, 0.05) is 13.1 Å². The van der Waals surface area contributed by atoms with E-state index in [1.165, 1.54) is 0 Å². The van der Waals surface area contributed by atoms with Crippen LogP contribution in [0.4, 0.5) is 5.69 Å². The smallest absolute Gasteiger partial charge is 0.331 e. The fourth-order valence-electron chi connectivity index (χ4n) is 1.61. The second-order valence-electron chi connectivity index (χ2n) is 6.30. The van der Waals surface area contributed by atoms with Crippen LogP contribution in [0.25, 0.3) is 0 Å². The lowest BCUT2D eigenvalue weighted by Crippen LogP contribution is -2.49. The van der Waals surface area contributed by atoms with Crippen molar-refractivity contribution in [1.82, 2.24) is 5.32 Å². The van der Waals surface area contributed by atoms with E-state index in [9.17, 15) is 5.11 Å². The van der Waals surface area contributed by atoms with E-state index in [0.717, 1.165) is 30.0 Å². The molecule has 6 heteroatoms. The maximum absolute atomic E-state index is 10.1. The maximum atomic E-state index is 10.1. The Hall–Kier alpha value is -1.24. The molecule has 22 heavy (non-hydrogen) atoms. The normalized spacial score (nSPS) is 12.1. The van der Waals surface area contributed by atoms with E-state index in [0.29, 0.717) is 0 Å². The number of benzene rings is 1. The maximum Gasteiger partial charge on any atom is 0.331 e. The molecule has 0 aliphatic rings. The summed E-state index contributed by atoms with van der Waals surface area (Å²) in [6, 6.07) is 5.81. The number of ether oxygens (including phenoxy) is 1. The first-order valence-corrected chi connectivity index (χ1v) is 7.51. The Morgan fingerprint density at radius 2 is 1.86 bits per heavy atom. The molecule has 0 amide bonds. The number of anilines is 1. The summed E-state index contributed by atoms with van der Waals surface area (Å²) in [4.78, 5) is 0. The molecule has 0 aromatic heterocycles. The second kappa shape index (κ2) is 7.86. The molecule has 1 aromatic rings. The lowest BCUT2D eigenvalue weighted by molar-refractivity contribution is -0.0893. The van der Waals surface area contributed by atoms with Gasteiger partial charge >= 0.3 is 7.48 Å². The van der Waals surface area contributed by atoms with Gasteiger partial charge in [0.2, 0.25) is 0 Å². The predicted molar refractivity (Wildman–Crippen MR) is 92.3 cm³/mol. The average Bonchev–Trinajstić information content (AvgIpc) is 2.45. The Bertz CT molecular complexity index is 473. The summed E-state index contributed by atoms with van der Waals surface area (Å²) in [5.41, 5.74) is 0.191. The average molecular weight is 307 g/mol. The highest BCUT2D eigenvalue weighted by atomic mass is 16.5. The summed E-state index contributed by atoms with van der Waals surface area (Å²) in [6.45, 7) is 8.87. The largest absolute Gasteiger partial charge is 0.495 e. The van der Waals surface area contributed by atoms with E-state index in [1.807, 2.05) is 39.1 Å². The summed E-state index contributed by atoms with van der Waals surface area (Å²) in [5, 5.41) is 16.5. The van der Waals surface area contributed by atoms with Gasteiger partial charge in [-0.1, -0.05) is 6.07 Å². The van der Waals surface area contributed by atoms with Crippen molar-refractivity contribution in [3.05, 3.63) is 18.2 Å². The third-order valence-corrected chi connectivity index (χ3v) is 3.88. The van der Waals surface area contributed by atoms with E-state index in [1.54, 1.807) is 28.4 Å². The molecule has 1 radical (unpaired) electrons. The third kappa shape index (κ3) is 5.19. The predicted octanol–water partition coefficient (Wildman–Crippen LogP) is 1.14. The zero-order valence-electron chi connectivity index (χ0n) is 14.5. The minimum absolute atomic E-state index is 0.691. The fourth-order valence-corrected chi connectivity index (χ4v) is 1.61. The van der Waals surface area contributed by atoms with Gasteiger partial charge in [0.1, 0.15) is 5.75 Å². The first kappa shape index (κ1) is 18.8. The van der Waals surface area contributed by atoms with E-state index in [-0.39, 0.29) is 0 Å². The molecule has 1 aromatic carbocycles. The van der Waals surface area contributed by atoms with Crippen molar-refractivity contribution in [3.63, 3.8) is 0 Å². The van der Waals surface area contributed by atoms with Crippen LogP contribution in [0.5, 0.6) is 5.75 Å². The van der Waals surface area contributed by atoms with Crippen molar-refractivity contribution < 1.29 is 14.5 Å². The van der Waals surface area contributed by atoms with Gasteiger partial charge < -0.3 is 25.1 Å². The minimum atomic E-state index is -0.942. The Morgan fingerprint density at radius 3 is 2.41 bits per heavy atom. The minimum Gasteiger partial charge on any atom is -0.495 e. The van der Waals surface area contributed by atoms with Gasteiger partial charge in [0.05, 0.1) is 24.0 Å². The molecule has 1 rings (SSSR count). The standard InChI is InChI=1S/C16H28BN2O3/c1-15(2,20)16(3,4)22-17-12-7-8-13(14(11-12)21-6)19-10-9-18-5/h7-8,11,18-20H,9-10H2,1-6H3. The molecule has 0 atom stereocenters. The van der Waals surface area contributed by atoms with Crippen LogP contribution in [0, 0.1) is 0 Å². The van der Waals surface area contributed by atoms with E-state index in [4.69, 9.17) is 9.39 Å². The van der Waals surface area contributed by atoms with Crippen LogP contribution in [-0.2, 0) is 4.65 Å². The van der Waals surface area contributed by atoms with E-state index in [2.05, 4.69) is 10.6 Å². The van der Waals surface area contributed by atoms with Gasteiger partial charge in [-0.3, -0.25) is 0 Å². The summed E-state index contributed by atoms with van der Waals surface area (Å²) >= 11 is 0. The number of hydrogen-bond donors (Lipinski definition) is 3. The molecular formula is C16H28BN2O3. The van der Waals surface area contributed by atoms with Crippen LogP contribution in [-0.4, -0.2) is 51.0 Å². The van der Waals surface area contributed by atoms with E-state index < -0.39 is 11.2 Å². The Kier molecular flexibility index (Phi) is 6.72. The van der Waals surface area contributed by atoms with Crippen LogP contribution < -0.4 is 20.8 Å². The molecule has 0 unspecified atom stereocenters. The zero-order chi connectivity index (χ0) is 16.8. The second-order valence-corrected chi connectivity index (χ2v) is 6.30. The van der Waals surface area contributed by atoms with Crippen LogP contribution in [0.2, 0.25) is 0 Å². The molecule has 0 saturated heterocycles. The van der Waals surface area contributed by atoms with Crippen molar-refractivity contribution >= 4 is 18.6 Å². The highest BCUT2D eigenvalue weighted by Gasteiger charge is 2.35. The van der Waals surface area contributed by atoms with Crippen molar-refractivity contribution in [2.45, 2.75) is 38.9 Å². The number of likely N-dealkylation sites (N-methyl/N-ethyl adjacent to an activating group) is 1. The van der Waals surface area contributed by atoms with Gasteiger partial charge in [0.25, 0.3) is 0 Å². The van der Waals surface area contributed by atoms with Crippen LogP contribution in [0.1, 0.15) is 27.7 Å². The summed E-state index contributed by atoms with van der Waals surface area (Å²) in [6.07, 6.45) is 0. The molecular weight excluding hydrogens is 279 g/mol. The highest BCUT2D eigenvalue weighted by Crippen LogP contribution is 2.25. The Morgan fingerprint density at radius 1 is 1.18 bits per heavy atom. The highest BCUT2D eigenvalue weighted by molar-refractivity contribution is 6.47. The number of nitrogens with one attached hydrogen (secondary N) is 2. The SMILES string of the molecule is CNCCNc1ccc([B]OC(C)(C)C(C)(C)O)cc1OC. The lowest BCUT2D eigenvalue weighted by atomic mass is 9.82. The molecule has 3 N–H and O–H groups in total. The fraction of sp³-hybridized carbons (Fsp3) is 0.625. The molecule has 0 spiro atoms. The van der Waals surface area contributed by atoms with Crippen LogP contribution in [0.15, 0.2) is 18.2 Å². The number of methoxy groups -OCH3 is 1. The molecule has 5 nitrogen and oxygen atoms in total. The van der Waals surface area contributed by atoms with E-state index >= 15 is 0 Å². The van der Waals surface area contributed by atoms with Crippen molar-refractivity contribution in [1.29, 1.82) is 0 Å². The topological polar surface area (TPSA) is 62.8 Å². The zero-order valence-corrected chi connectivity index (χ0v) is 14.5.